The summed E-state index contributed by atoms with van der Waals surface area (Å²) in [6.07, 6.45) is 4.46. The van der Waals surface area contributed by atoms with Crippen molar-refractivity contribution in [2.75, 3.05) is 26.6 Å². The molecule has 0 bridgehead atoms. The van der Waals surface area contributed by atoms with E-state index in [0.717, 1.165) is 5.57 Å². The van der Waals surface area contributed by atoms with Crippen molar-refractivity contribution in [3.63, 3.8) is 0 Å². The molecule has 3 aliphatic rings. The Kier molecular flexibility index (Phi) is 6.21. The summed E-state index contributed by atoms with van der Waals surface area (Å²) >= 11 is 1.49. The quantitative estimate of drug-likeness (QED) is 0.553. The van der Waals surface area contributed by atoms with Gasteiger partial charge < -0.3 is 10.0 Å². The number of hydrogen-bond donors (Lipinski definition) is 1. The van der Waals surface area contributed by atoms with Crippen LogP contribution in [0.1, 0.15) is 20.3 Å². The van der Waals surface area contributed by atoms with Gasteiger partial charge in [0.05, 0.1) is 12.7 Å². The van der Waals surface area contributed by atoms with Crippen molar-refractivity contribution >= 4 is 23.5 Å². The third kappa shape index (κ3) is 3.74. The number of allylic oxidation sites excluding steroid dienone is 3. The number of hydrogen-bond acceptors (Lipinski definition) is 7. The molecule has 3 atom stereocenters. The second-order valence-electron chi connectivity index (χ2n) is 7.51. The molecule has 0 spiro atoms. The van der Waals surface area contributed by atoms with Crippen LogP contribution in [-0.4, -0.2) is 81.5 Å². The van der Waals surface area contributed by atoms with Gasteiger partial charge in [0.25, 0.3) is 5.91 Å². The highest BCUT2D eigenvalue weighted by molar-refractivity contribution is 8.03. The SMILES string of the molecule is C=CN1/C(=C(/O)C(C)=O)C(=O)N(C)CN1C1C2=C(SCN(C)C1C)C(F)CC=C2. The van der Waals surface area contributed by atoms with Gasteiger partial charge in [0.2, 0.25) is 0 Å². The van der Waals surface area contributed by atoms with Crippen LogP contribution in [0.3, 0.4) is 0 Å². The van der Waals surface area contributed by atoms with Crippen LogP contribution in [0, 0.1) is 0 Å². The van der Waals surface area contributed by atoms with Crippen molar-refractivity contribution in [1.29, 1.82) is 0 Å². The van der Waals surface area contributed by atoms with Crippen molar-refractivity contribution in [2.45, 2.75) is 38.5 Å². The predicted molar refractivity (Wildman–Crippen MR) is 111 cm³/mol. The fourth-order valence-corrected chi connectivity index (χ4v) is 5.06. The van der Waals surface area contributed by atoms with Crippen LogP contribution < -0.4 is 0 Å². The summed E-state index contributed by atoms with van der Waals surface area (Å²) in [5, 5.41) is 13.7. The number of alkyl halides is 1. The Hall–Kier alpha value is -2.10. The van der Waals surface area contributed by atoms with Gasteiger partial charge in [-0.05, 0) is 19.5 Å². The predicted octanol–water partition coefficient (Wildman–Crippen LogP) is 2.38. The molecule has 0 radical (unpaired) electrons. The van der Waals surface area contributed by atoms with E-state index >= 15 is 0 Å². The Balaban J connectivity index is 2.16. The van der Waals surface area contributed by atoms with Crippen LogP contribution in [-0.2, 0) is 9.59 Å². The molecule has 0 aromatic heterocycles. The maximum Gasteiger partial charge on any atom is 0.276 e. The highest BCUT2D eigenvalue weighted by atomic mass is 32.2. The van der Waals surface area contributed by atoms with Crippen molar-refractivity contribution in [1.82, 2.24) is 19.8 Å². The first-order chi connectivity index (χ1) is 13.7. The number of nitrogens with zero attached hydrogens (tertiary/aromatic N) is 4. The van der Waals surface area contributed by atoms with E-state index in [2.05, 4.69) is 11.5 Å². The second-order valence-corrected chi connectivity index (χ2v) is 8.49. The van der Waals surface area contributed by atoms with Gasteiger partial charge in [-0.25, -0.2) is 4.39 Å². The molecule has 1 fully saturated rings. The third-order valence-corrected chi connectivity index (χ3v) is 6.91. The van der Waals surface area contributed by atoms with Crippen molar-refractivity contribution in [3.8, 4) is 0 Å². The first kappa shape index (κ1) is 21.6. The minimum absolute atomic E-state index is 0.0327. The molecule has 3 unspecified atom stereocenters. The number of likely N-dealkylation sites (N-methyl/N-ethyl adjacent to an activating group) is 2. The number of aliphatic hydroxyl groups is 1. The van der Waals surface area contributed by atoms with Crippen molar-refractivity contribution in [3.05, 3.63) is 46.9 Å². The molecule has 0 aromatic carbocycles. The van der Waals surface area contributed by atoms with Gasteiger partial charge in [0.1, 0.15) is 6.17 Å². The zero-order chi connectivity index (χ0) is 21.5. The third-order valence-electron chi connectivity index (χ3n) is 5.57. The topological polar surface area (TPSA) is 67.3 Å². The van der Waals surface area contributed by atoms with E-state index in [-0.39, 0.29) is 24.4 Å². The summed E-state index contributed by atoms with van der Waals surface area (Å²) in [5.41, 5.74) is 0.702. The normalized spacial score (nSPS) is 30.9. The van der Waals surface area contributed by atoms with E-state index in [4.69, 9.17) is 0 Å². The zero-order valence-corrected chi connectivity index (χ0v) is 17.9. The number of amides is 1. The molecule has 9 heteroatoms. The standard InChI is InChI=1S/C20H27FN4O3S/c1-6-24-17(18(27)13(3)26)20(28)22(4)10-25(24)16-12(2)23(5)11-29-19-14(16)8-7-9-15(19)21/h6-8,12,15-16,27H,1,9-11H2,2-5H3/b18-17+. The molecule has 0 aromatic rings. The molecule has 1 saturated heterocycles. The number of aliphatic hydroxyl groups excluding tert-OH is 1. The van der Waals surface area contributed by atoms with Gasteiger partial charge in [0.15, 0.2) is 17.2 Å². The van der Waals surface area contributed by atoms with Crippen LogP contribution in [0.15, 0.2) is 46.9 Å². The van der Waals surface area contributed by atoms with Gasteiger partial charge in [0, 0.05) is 43.4 Å². The summed E-state index contributed by atoms with van der Waals surface area (Å²) in [4.78, 5) is 28.8. The summed E-state index contributed by atoms with van der Waals surface area (Å²) in [5.74, 6) is -1.07. The number of halogens is 1. The van der Waals surface area contributed by atoms with Crippen LogP contribution >= 0.6 is 11.8 Å². The Bertz CT molecular complexity index is 825. The molecule has 1 N–H and O–H groups in total. The summed E-state index contributed by atoms with van der Waals surface area (Å²) in [6.45, 7) is 7.25. The molecule has 3 rings (SSSR count). The molecule has 1 amide bonds. The summed E-state index contributed by atoms with van der Waals surface area (Å²) in [6, 6.07) is -0.349. The maximum atomic E-state index is 14.8. The lowest BCUT2D eigenvalue weighted by molar-refractivity contribution is -0.148. The molecule has 29 heavy (non-hydrogen) atoms. The Morgan fingerprint density at radius 2 is 2.10 bits per heavy atom. The molecule has 1 aliphatic carbocycles. The summed E-state index contributed by atoms with van der Waals surface area (Å²) in [7, 11) is 3.58. The number of rotatable bonds is 3. The summed E-state index contributed by atoms with van der Waals surface area (Å²) < 4.78 is 14.8. The Morgan fingerprint density at radius 3 is 2.72 bits per heavy atom. The fraction of sp³-hybridized carbons (Fsp3) is 0.500. The number of carbonyl (C=O) groups is 2. The van der Waals surface area contributed by atoms with Gasteiger partial charge in [-0.2, -0.15) is 5.01 Å². The van der Waals surface area contributed by atoms with E-state index in [0.29, 0.717) is 17.2 Å². The molecule has 2 heterocycles. The monoisotopic (exact) mass is 422 g/mol. The molecule has 158 valence electrons. The minimum Gasteiger partial charge on any atom is -0.503 e. The lowest BCUT2D eigenvalue weighted by atomic mass is 9.93. The second kappa shape index (κ2) is 8.33. The number of carbonyl (C=O) groups excluding carboxylic acids is 2. The maximum absolute atomic E-state index is 14.8. The van der Waals surface area contributed by atoms with E-state index in [1.54, 1.807) is 7.05 Å². The van der Waals surface area contributed by atoms with Crippen molar-refractivity contribution in [2.24, 2.45) is 0 Å². The van der Waals surface area contributed by atoms with Crippen LogP contribution in [0.5, 0.6) is 0 Å². The first-order valence-electron chi connectivity index (χ1n) is 9.44. The smallest absolute Gasteiger partial charge is 0.276 e. The number of ketones is 1. The van der Waals surface area contributed by atoms with E-state index in [9.17, 15) is 19.1 Å². The number of thioether (sulfide) groups is 1. The zero-order valence-electron chi connectivity index (χ0n) is 17.1. The lowest BCUT2D eigenvalue weighted by Gasteiger charge is -2.49. The molecule has 7 nitrogen and oxygen atoms in total. The van der Waals surface area contributed by atoms with Gasteiger partial charge in [-0.15, -0.1) is 11.8 Å². The van der Waals surface area contributed by atoms with Gasteiger partial charge in [-0.1, -0.05) is 18.7 Å². The van der Waals surface area contributed by atoms with E-state index in [1.807, 2.05) is 31.1 Å². The van der Waals surface area contributed by atoms with E-state index < -0.39 is 23.6 Å². The Labute approximate surface area is 174 Å². The minimum atomic E-state index is -1.07. The molecule has 0 saturated carbocycles. The average Bonchev–Trinajstić information content (AvgIpc) is 2.80. The highest BCUT2D eigenvalue weighted by Crippen LogP contribution is 2.40. The van der Waals surface area contributed by atoms with Crippen LogP contribution in [0.2, 0.25) is 0 Å². The van der Waals surface area contributed by atoms with Gasteiger partial charge in [-0.3, -0.25) is 19.5 Å². The Morgan fingerprint density at radius 1 is 1.41 bits per heavy atom. The largest absolute Gasteiger partial charge is 0.503 e. The lowest BCUT2D eigenvalue weighted by Crippen LogP contribution is -2.62. The average molecular weight is 423 g/mol. The molecular weight excluding hydrogens is 395 g/mol. The van der Waals surface area contributed by atoms with Crippen LogP contribution in [0.25, 0.3) is 0 Å². The van der Waals surface area contributed by atoms with Gasteiger partial charge >= 0.3 is 0 Å². The fourth-order valence-electron chi connectivity index (χ4n) is 3.85. The highest BCUT2D eigenvalue weighted by Gasteiger charge is 2.44. The molecule has 2 aliphatic heterocycles. The number of Topliss-reactive ketones (excluding diaryl/α,β-unsaturated/α-hetero) is 1. The molecular formula is C20H27FN4O3S. The van der Waals surface area contributed by atoms with Crippen LogP contribution in [0.4, 0.5) is 4.39 Å². The number of hydrazine groups is 1. The first-order valence-corrected chi connectivity index (χ1v) is 10.4. The van der Waals surface area contributed by atoms with E-state index in [1.165, 1.54) is 34.8 Å². The van der Waals surface area contributed by atoms with Crippen molar-refractivity contribution < 1.29 is 19.1 Å².